The third kappa shape index (κ3) is 2.57. The SMILES string of the molecule is CC(Nc1ncnc2nc[nH]c12)c1nc2ccc(F)cc2n1-c1ccn(C)n1. The summed E-state index contributed by atoms with van der Waals surface area (Å²) in [5.74, 6) is 1.63. The molecule has 4 aromatic heterocycles. The van der Waals surface area contributed by atoms with Gasteiger partial charge in [-0.3, -0.25) is 9.25 Å². The highest BCUT2D eigenvalue weighted by atomic mass is 19.1. The van der Waals surface area contributed by atoms with Crippen LogP contribution >= 0.6 is 0 Å². The van der Waals surface area contributed by atoms with E-state index in [1.165, 1.54) is 18.5 Å². The van der Waals surface area contributed by atoms with E-state index in [0.717, 1.165) is 0 Å². The second kappa shape index (κ2) is 6.12. The minimum Gasteiger partial charge on any atom is -0.358 e. The van der Waals surface area contributed by atoms with Gasteiger partial charge in [0, 0.05) is 25.4 Å². The molecule has 9 nitrogen and oxygen atoms in total. The molecule has 0 radical (unpaired) electrons. The van der Waals surface area contributed by atoms with E-state index < -0.39 is 0 Å². The van der Waals surface area contributed by atoms with Crippen molar-refractivity contribution >= 4 is 28.0 Å². The van der Waals surface area contributed by atoms with Gasteiger partial charge in [0.2, 0.25) is 0 Å². The number of hydrogen-bond donors (Lipinski definition) is 2. The average molecular weight is 377 g/mol. The lowest BCUT2D eigenvalue weighted by molar-refractivity contribution is 0.629. The van der Waals surface area contributed by atoms with E-state index in [1.54, 1.807) is 17.1 Å². The van der Waals surface area contributed by atoms with Gasteiger partial charge in [-0.1, -0.05) is 0 Å². The third-order valence-corrected chi connectivity index (χ3v) is 4.53. The Bertz CT molecular complexity index is 1300. The number of H-pyrrole nitrogens is 1. The minimum atomic E-state index is -0.327. The summed E-state index contributed by atoms with van der Waals surface area (Å²) in [6.45, 7) is 1.96. The summed E-state index contributed by atoms with van der Waals surface area (Å²) in [4.78, 5) is 20.3. The number of nitrogens with zero attached hydrogens (tertiary/aromatic N) is 7. The lowest BCUT2D eigenvalue weighted by atomic mass is 10.3. The third-order valence-electron chi connectivity index (χ3n) is 4.53. The zero-order chi connectivity index (χ0) is 19.3. The molecule has 0 aliphatic rings. The number of nitrogens with one attached hydrogen (secondary N) is 2. The van der Waals surface area contributed by atoms with Crippen LogP contribution < -0.4 is 5.32 Å². The summed E-state index contributed by atoms with van der Waals surface area (Å²) >= 11 is 0. The topological polar surface area (TPSA) is 102 Å². The Hall–Kier alpha value is -3.82. The van der Waals surface area contributed by atoms with Gasteiger partial charge < -0.3 is 10.3 Å². The van der Waals surface area contributed by atoms with Crippen molar-refractivity contribution in [3.8, 4) is 5.82 Å². The van der Waals surface area contributed by atoms with Gasteiger partial charge in [0.1, 0.15) is 23.5 Å². The van der Waals surface area contributed by atoms with Crippen LogP contribution in [0, 0.1) is 5.82 Å². The number of aromatic amines is 1. The molecule has 1 aromatic carbocycles. The molecule has 28 heavy (non-hydrogen) atoms. The zero-order valence-corrected chi connectivity index (χ0v) is 15.1. The van der Waals surface area contributed by atoms with Gasteiger partial charge in [0.15, 0.2) is 17.3 Å². The molecule has 0 spiro atoms. The van der Waals surface area contributed by atoms with Crippen LogP contribution in [0.3, 0.4) is 0 Å². The number of aryl methyl sites for hydroxylation is 1. The van der Waals surface area contributed by atoms with Crippen LogP contribution in [0.15, 0.2) is 43.1 Å². The summed E-state index contributed by atoms with van der Waals surface area (Å²) in [6.07, 6.45) is 4.86. The average Bonchev–Trinajstić information content (AvgIpc) is 3.39. The van der Waals surface area contributed by atoms with Gasteiger partial charge in [0.05, 0.1) is 23.4 Å². The highest BCUT2D eigenvalue weighted by molar-refractivity contribution is 5.82. The first-order chi connectivity index (χ1) is 13.6. The number of aromatic nitrogens is 8. The van der Waals surface area contributed by atoms with Crippen LogP contribution in [0.4, 0.5) is 10.2 Å². The first kappa shape index (κ1) is 16.4. The molecule has 2 N–H and O–H groups in total. The molecule has 1 unspecified atom stereocenters. The largest absolute Gasteiger partial charge is 0.358 e. The first-order valence-electron chi connectivity index (χ1n) is 8.68. The van der Waals surface area contributed by atoms with Crippen molar-refractivity contribution in [1.29, 1.82) is 0 Å². The van der Waals surface area contributed by atoms with E-state index in [0.29, 0.717) is 39.7 Å². The Kier molecular flexibility index (Phi) is 3.57. The van der Waals surface area contributed by atoms with Gasteiger partial charge in [-0.25, -0.2) is 24.3 Å². The Morgan fingerprint density at radius 3 is 2.89 bits per heavy atom. The standard InChI is InChI=1S/C18H16FN9/c1-10(24-17-15-16(21-8-20-15)22-9-23-17)18-25-12-4-3-11(19)7-13(12)28(18)14-5-6-27(2)26-14/h3-10H,1-2H3,(H2,20,21,22,23,24). The number of benzene rings is 1. The highest BCUT2D eigenvalue weighted by Crippen LogP contribution is 2.28. The quantitative estimate of drug-likeness (QED) is 0.499. The zero-order valence-electron chi connectivity index (χ0n) is 15.1. The van der Waals surface area contributed by atoms with E-state index in [-0.39, 0.29) is 11.9 Å². The van der Waals surface area contributed by atoms with E-state index in [4.69, 9.17) is 4.98 Å². The second-order valence-corrected chi connectivity index (χ2v) is 6.48. The molecule has 0 bridgehead atoms. The van der Waals surface area contributed by atoms with Crippen LogP contribution in [0.25, 0.3) is 28.0 Å². The van der Waals surface area contributed by atoms with Crippen molar-refractivity contribution < 1.29 is 4.39 Å². The molecule has 0 aliphatic carbocycles. The summed E-state index contributed by atoms with van der Waals surface area (Å²) in [7, 11) is 1.83. The van der Waals surface area contributed by atoms with Gasteiger partial charge in [-0.15, -0.1) is 0 Å². The molecule has 4 heterocycles. The maximum absolute atomic E-state index is 13.9. The normalized spacial score (nSPS) is 12.7. The van der Waals surface area contributed by atoms with Crippen molar-refractivity contribution in [1.82, 2.24) is 39.3 Å². The van der Waals surface area contributed by atoms with Crippen LogP contribution in [-0.2, 0) is 7.05 Å². The number of hydrogen-bond acceptors (Lipinski definition) is 6. The second-order valence-electron chi connectivity index (χ2n) is 6.48. The fourth-order valence-corrected chi connectivity index (χ4v) is 3.26. The molecular formula is C18H16FN9. The van der Waals surface area contributed by atoms with Crippen LogP contribution in [0.5, 0.6) is 0 Å². The monoisotopic (exact) mass is 377 g/mol. The van der Waals surface area contributed by atoms with Crippen molar-refractivity contribution in [2.45, 2.75) is 13.0 Å². The number of rotatable bonds is 4. The van der Waals surface area contributed by atoms with E-state index in [1.807, 2.05) is 30.8 Å². The van der Waals surface area contributed by atoms with Crippen molar-refractivity contribution in [3.63, 3.8) is 0 Å². The molecular weight excluding hydrogens is 361 g/mol. The smallest absolute Gasteiger partial charge is 0.182 e. The molecule has 0 fully saturated rings. The summed E-state index contributed by atoms with van der Waals surface area (Å²) in [5, 5.41) is 7.82. The number of fused-ring (bicyclic) bond motifs is 2. The fourth-order valence-electron chi connectivity index (χ4n) is 3.26. The maximum atomic E-state index is 13.9. The summed E-state index contributed by atoms with van der Waals surface area (Å²) in [5.41, 5.74) is 2.62. The van der Waals surface area contributed by atoms with Gasteiger partial charge >= 0.3 is 0 Å². The summed E-state index contributed by atoms with van der Waals surface area (Å²) in [6, 6.07) is 6.14. The number of halogens is 1. The fraction of sp³-hybridized carbons (Fsp3) is 0.167. The molecule has 140 valence electrons. The highest BCUT2D eigenvalue weighted by Gasteiger charge is 2.21. The molecule has 1 atom stereocenters. The van der Waals surface area contributed by atoms with Gasteiger partial charge in [0.25, 0.3) is 0 Å². The van der Waals surface area contributed by atoms with Gasteiger partial charge in [-0.2, -0.15) is 5.10 Å². The minimum absolute atomic E-state index is 0.251. The first-order valence-corrected chi connectivity index (χ1v) is 8.68. The number of imidazole rings is 2. The molecule has 0 amide bonds. The molecule has 0 saturated heterocycles. The Morgan fingerprint density at radius 1 is 1.18 bits per heavy atom. The predicted octanol–water partition coefficient (Wildman–Crippen LogP) is 2.74. The van der Waals surface area contributed by atoms with E-state index in [2.05, 4.69) is 30.4 Å². The van der Waals surface area contributed by atoms with Crippen LogP contribution in [0.2, 0.25) is 0 Å². The van der Waals surface area contributed by atoms with Crippen molar-refractivity contribution in [2.75, 3.05) is 5.32 Å². The van der Waals surface area contributed by atoms with E-state index in [9.17, 15) is 4.39 Å². The Labute approximate surface area is 158 Å². The lowest BCUT2D eigenvalue weighted by Crippen LogP contribution is -2.14. The van der Waals surface area contributed by atoms with Crippen molar-refractivity contribution in [3.05, 3.63) is 54.8 Å². The molecule has 10 heteroatoms. The maximum Gasteiger partial charge on any atom is 0.182 e. The molecule has 0 aliphatic heterocycles. The molecule has 5 rings (SSSR count). The lowest BCUT2D eigenvalue weighted by Gasteiger charge is -2.15. The molecule has 0 saturated carbocycles. The van der Waals surface area contributed by atoms with E-state index >= 15 is 0 Å². The summed E-state index contributed by atoms with van der Waals surface area (Å²) < 4.78 is 17.5. The van der Waals surface area contributed by atoms with Crippen LogP contribution in [0.1, 0.15) is 18.8 Å². The van der Waals surface area contributed by atoms with Crippen molar-refractivity contribution in [2.24, 2.45) is 7.05 Å². The van der Waals surface area contributed by atoms with Crippen LogP contribution in [-0.4, -0.2) is 39.3 Å². The predicted molar refractivity (Wildman–Crippen MR) is 102 cm³/mol. The van der Waals surface area contributed by atoms with Gasteiger partial charge in [-0.05, 0) is 19.1 Å². The Balaban J connectivity index is 1.64. The number of anilines is 1. The Morgan fingerprint density at radius 2 is 2.07 bits per heavy atom. The molecule has 5 aromatic rings.